The zero-order chi connectivity index (χ0) is 17.2. The van der Waals surface area contributed by atoms with Crippen LogP contribution in [-0.4, -0.2) is 30.5 Å². The molecule has 0 saturated heterocycles. The third-order valence-corrected chi connectivity index (χ3v) is 4.05. The summed E-state index contributed by atoms with van der Waals surface area (Å²) in [5.74, 6) is -1.97. The Morgan fingerprint density at radius 2 is 1.96 bits per heavy atom. The molecule has 1 aromatic rings. The van der Waals surface area contributed by atoms with Crippen LogP contribution >= 0.6 is 11.6 Å². The Hall–Kier alpha value is -1.59. The SMILES string of the molecule is COc1ccc(CCl)cc1C(=O)C(CCCCCCN)C(=O)O. The Bertz CT molecular complexity index is 533. The van der Waals surface area contributed by atoms with Gasteiger partial charge in [0.2, 0.25) is 0 Å². The summed E-state index contributed by atoms with van der Waals surface area (Å²) in [7, 11) is 1.45. The highest BCUT2D eigenvalue weighted by atomic mass is 35.5. The van der Waals surface area contributed by atoms with Crippen LogP contribution in [0.3, 0.4) is 0 Å². The molecule has 0 aliphatic carbocycles. The summed E-state index contributed by atoms with van der Waals surface area (Å²) in [6.07, 6.45) is 3.72. The Morgan fingerprint density at radius 1 is 1.26 bits per heavy atom. The molecule has 3 N–H and O–H groups in total. The summed E-state index contributed by atoms with van der Waals surface area (Å²) >= 11 is 5.79. The van der Waals surface area contributed by atoms with Crippen LogP contribution in [-0.2, 0) is 10.7 Å². The summed E-state index contributed by atoms with van der Waals surface area (Å²) < 4.78 is 5.18. The van der Waals surface area contributed by atoms with Crippen molar-refractivity contribution in [3.05, 3.63) is 29.3 Å². The molecule has 0 bridgehead atoms. The number of unbranched alkanes of at least 4 members (excludes halogenated alkanes) is 3. The van der Waals surface area contributed by atoms with Gasteiger partial charge in [0.15, 0.2) is 5.78 Å². The van der Waals surface area contributed by atoms with Gasteiger partial charge >= 0.3 is 5.97 Å². The fraction of sp³-hybridized carbons (Fsp3) is 0.529. The molecule has 1 rings (SSSR count). The minimum Gasteiger partial charge on any atom is -0.496 e. The van der Waals surface area contributed by atoms with E-state index in [1.54, 1.807) is 18.2 Å². The maximum Gasteiger partial charge on any atom is 0.314 e. The van der Waals surface area contributed by atoms with E-state index < -0.39 is 17.7 Å². The summed E-state index contributed by atoms with van der Waals surface area (Å²) in [6.45, 7) is 0.629. The van der Waals surface area contributed by atoms with Gasteiger partial charge in [-0.25, -0.2) is 0 Å². The number of hydrogen-bond donors (Lipinski definition) is 2. The lowest BCUT2D eigenvalue weighted by Gasteiger charge is -2.14. The predicted molar refractivity (Wildman–Crippen MR) is 90.1 cm³/mol. The number of alkyl halides is 1. The fourth-order valence-electron chi connectivity index (χ4n) is 2.43. The molecular weight excluding hydrogens is 318 g/mol. The van der Waals surface area contributed by atoms with Gasteiger partial charge < -0.3 is 15.6 Å². The first-order valence-electron chi connectivity index (χ1n) is 7.75. The van der Waals surface area contributed by atoms with Gasteiger partial charge in [0, 0.05) is 5.88 Å². The average Bonchev–Trinajstić information content (AvgIpc) is 2.56. The van der Waals surface area contributed by atoms with Gasteiger partial charge in [0.1, 0.15) is 11.7 Å². The van der Waals surface area contributed by atoms with Crippen molar-refractivity contribution in [2.75, 3.05) is 13.7 Å². The molecule has 0 saturated carbocycles. The van der Waals surface area contributed by atoms with Gasteiger partial charge in [0.25, 0.3) is 0 Å². The van der Waals surface area contributed by atoms with Gasteiger partial charge in [-0.1, -0.05) is 25.3 Å². The van der Waals surface area contributed by atoms with Crippen LogP contribution < -0.4 is 10.5 Å². The van der Waals surface area contributed by atoms with Gasteiger partial charge in [-0.2, -0.15) is 0 Å². The maximum absolute atomic E-state index is 12.6. The number of benzene rings is 1. The Morgan fingerprint density at radius 3 is 2.52 bits per heavy atom. The quantitative estimate of drug-likeness (QED) is 0.279. The third-order valence-electron chi connectivity index (χ3n) is 3.75. The van der Waals surface area contributed by atoms with Crippen molar-refractivity contribution >= 4 is 23.4 Å². The molecule has 0 amide bonds. The second kappa shape index (κ2) is 10.2. The van der Waals surface area contributed by atoms with Crippen molar-refractivity contribution in [2.24, 2.45) is 11.7 Å². The van der Waals surface area contributed by atoms with E-state index in [0.717, 1.165) is 24.8 Å². The second-order valence-corrected chi connectivity index (χ2v) is 5.68. The molecule has 0 radical (unpaired) electrons. The molecule has 0 aromatic heterocycles. The lowest BCUT2D eigenvalue weighted by atomic mass is 9.91. The number of ether oxygens (including phenoxy) is 1. The Labute approximate surface area is 141 Å². The molecule has 6 heteroatoms. The van der Waals surface area contributed by atoms with E-state index in [0.29, 0.717) is 25.1 Å². The highest BCUT2D eigenvalue weighted by molar-refractivity contribution is 6.17. The normalized spacial score (nSPS) is 12.0. The van der Waals surface area contributed by atoms with Crippen LogP contribution in [0.5, 0.6) is 5.75 Å². The first kappa shape index (κ1) is 19.5. The molecule has 0 fully saturated rings. The number of carboxylic acids is 1. The van der Waals surface area contributed by atoms with Crippen molar-refractivity contribution in [1.82, 2.24) is 0 Å². The number of aliphatic carboxylic acids is 1. The number of hydrogen-bond acceptors (Lipinski definition) is 4. The summed E-state index contributed by atoms with van der Waals surface area (Å²) in [6, 6.07) is 5.01. The smallest absolute Gasteiger partial charge is 0.314 e. The number of rotatable bonds is 11. The highest BCUT2D eigenvalue weighted by Gasteiger charge is 2.29. The number of nitrogens with two attached hydrogens (primary N) is 1. The summed E-state index contributed by atoms with van der Waals surface area (Å²) in [4.78, 5) is 24.1. The topological polar surface area (TPSA) is 89.6 Å². The molecule has 1 aromatic carbocycles. The van der Waals surface area contributed by atoms with Gasteiger partial charge in [-0.05, 0) is 37.1 Å². The Kier molecular flexibility index (Phi) is 8.66. The standard InChI is InChI=1S/C17H24ClNO4/c1-23-15-8-7-12(11-18)10-14(15)16(20)13(17(21)22)6-4-2-3-5-9-19/h7-8,10,13H,2-6,9,11,19H2,1H3,(H,21,22). The van der Waals surface area contributed by atoms with Crippen molar-refractivity contribution in [1.29, 1.82) is 0 Å². The van der Waals surface area contributed by atoms with Crippen LogP contribution in [0, 0.1) is 5.92 Å². The van der Waals surface area contributed by atoms with Crippen LogP contribution in [0.1, 0.15) is 48.0 Å². The van der Waals surface area contributed by atoms with Gasteiger partial charge in [-0.3, -0.25) is 9.59 Å². The van der Waals surface area contributed by atoms with E-state index in [-0.39, 0.29) is 11.4 Å². The molecule has 23 heavy (non-hydrogen) atoms. The van der Waals surface area contributed by atoms with Crippen molar-refractivity contribution in [2.45, 2.75) is 38.0 Å². The van der Waals surface area contributed by atoms with Crippen LogP contribution in [0.25, 0.3) is 0 Å². The van der Waals surface area contributed by atoms with Crippen molar-refractivity contribution in [3.8, 4) is 5.75 Å². The number of methoxy groups -OCH3 is 1. The maximum atomic E-state index is 12.6. The Balaban J connectivity index is 2.86. The highest BCUT2D eigenvalue weighted by Crippen LogP contribution is 2.26. The first-order chi connectivity index (χ1) is 11.0. The first-order valence-corrected chi connectivity index (χ1v) is 8.28. The molecular formula is C17H24ClNO4. The van der Waals surface area contributed by atoms with Gasteiger partial charge in [0.05, 0.1) is 12.7 Å². The number of carbonyl (C=O) groups is 2. The molecule has 0 aliphatic heterocycles. The van der Waals surface area contributed by atoms with E-state index >= 15 is 0 Å². The number of carboxylic acid groups (broad SMARTS) is 1. The fourth-order valence-corrected chi connectivity index (χ4v) is 2.60. The molecule has 1 atom stereocenters. The molecule has 0 aliphatic rings. The number of halogens is 1. The number of Topliss-reactive ketones (excluding diaryl/α,β-unsaturated/α-hetero) is 1. The van der Waals surface area contributed by atoms with Crippen LogP contribution in [0.2, 0.25) is 0 Å². The minimum absolute atomic E-state index is 0.251. The summed E-state index contributed by atoms with van der Waals surface area (Å²) in [5, 5.41) is 9.39. The average molecular weight is 342 g/mol. The molecule has 128 valence electrons. The van der Waals surface area contributed by atoms with Gasteiger partial charge in [-0.15, -0.1) is 11.6 Å². The largest absolute Gasteiger partial charge is 0.496 e. The second-order valence-electron chi connectivity index (χ2n) is 5.41. The lowest BCUT2D eigenvalue weighted by Crippen LogP contribution is -2.24. The molecule has 0 heterocycles. The van der Waals surface area contributed by atoms with Crippen LogP contribution in [0.4, 0.5) is 0 Å². The number of ketones is 1. The molecule has 5 nitrogen and oxygen atoms in total. The summed E-state index contributed by atoms with van der Waals surface area (Å²) in [5.41, 5.74) is 6.46. The van der Waals surface area contributed by atoms with E-state index in [2.05, 4.69) is 0 Å². The number of carbonyl (C=O) groups excluding carboxylic acids is 1. The third kappa shape index (κ3) is 5.84. The zero-order valence-corrected chi connectivity index (χ0v) is 14.1. The van der Waals surface area contributed by atoms with E-state index in [9.17, 15) is 14.7 Å². The molecule has 1 unspecified atom stereocenters. The monoisotopic (exact) mass is 341 g/mol. The van der Waals surface area contributed by atoms with E-state index in [1.807, 2.05) is 0 Å². The van der Waals surface area contributed by atoms with Crippen molar-refractivity contribution in [3.63, 3.8) is 0 Å². The zero-order valence-electron chi connectivity index (χ0n) is 13.4. The molecule has 0 spiro atoms. The minimum atomic E-state index is -1.10. The van der Waals surface area contributed by atoms with Crippen LogP contribution in [0.15, 0.2) is 18.2 Å². The van der Waals surface area contributed by atoms with E-state index in [1.165, 1.54) is 7.11 Å². The van der Waals surface area contributed by atoms with E-state index in [4.69, 9.17) is 22.1 Å². The predicted octanol–water partition coefficient (Wildman–Crippen LogP) is 3.23. The van der Waals surface area contributed by atoms with Crippen molar-refractivity contribution < 1.29 is 19.4 Å². The lowest BCUT2D eigenvalue weighted by molar-refractivity contribution is -0.140.